The quantitative estimate of drug-likeness (QED) is 0.0935. The number of nitro benzene ring substituents is 1. The average molecular weight is 556 g/mol. The normalized spacial score (nSPS) is 10.8. The van der Waals surface area contributed by atoms with Gasteiger partial charge in [0.25, 0.3) is 23.1 Å². The van der Waals surface area contributed by atoms with Crippen molar-refractivity contribution in [3.05, 3.63) is 120 Å². The van der Waals surface area contributed by atoms with Crippen LogP contribution in [0.1, 0.15) is 15.9 Å². The zero-order valence-electron chi connectivity index (χ0n) is 20.2. The lowest BCUT2D eigenvalue weighted by Crippen LogP contribution is -2.48. The smallest absolute Gasteiger partial charge is 0.306 e. The SMILES string of the molecule is N#CC(=Cc1ccc([N+](=O)[O-])cc1)C(=O)NNC(=S)NC(=O)c1ccc(-n2c(=O)[nH]c3ccccc3c2=O)cc1. The van der Waals surface area contributed by atoms with Crippen LogP contribution in [0.3, 0.4) is 0 Å². The molecule has 0 saturated carbocycles. The van der Waals surface area contributed by atoms with Crippen molar-refractivity contribution in [2.45, 2.75) is 0 Å². The van der Waals surface area contributed by atoms with Crippen LogP contribution >= 0.6 is 12.2 Å². The Morgan fingerprint density at radius 1 is 1.00 bits per heavy atom. The van der Waals surface area contributed by atoms with E-state index in [9.17, 15) is 34.6 Å². The summed E-state index contributed by atoms with van der Waals surface area (Å²) in [5, 5.41) is 22.4. The Bertz CT molecular complexity index is 1850. The van der Waals surface area contributed by atoms with Gasteiger partial charge in [0.05, 0.1) is 21.5 Å². The maximum Gasteiger partial charge on any atom is 0.333 e. The van der Waals surface area contributed by atoms with Crippen LogP contribution in [-0.4, -0.2) is 31.4 Å². The first-order valence-electron chi connectivity index (χ1n) is 11.3. The molecule has 0 unspecified atom stereocenters. The third-order valence-electron chi connectivity index (χ3n) is 5.49. The van der Waals surface area contributed by atoms with Crippen LogP contribution in [0.2, 0.25) is 0 Å². The number of aromatic amines is 1. The minimum atomic E-state index is -0.868. The van der Waals surface area contributed by atoms with Gasteiger partial charge < -0.3 is 4.98 Å². The summed E-state index contributed by atoms with van der Waals surface area (Å²) in [6.45, 7) is 0. The lowest BCUT2D eigenvalue weighted by Gasteiger charge is -2.11. The van der Waals surface area contributed by atoms with Gasteiger partial charge in [-0.1, -0.05) is 12.1 Å². The zero-order chi connectivity index (χ0) is 28.8. The number of carbonyl (C=O) groups excluding carboxylic acids is 2. The Balaban J connectivity index is 1.38. The molecule has 198 valence electrons. The Labute approximate surface area is 229 Å². The summed E-state index contributed by atoms with van der Waals surface area (Å²) in [6.07, 6.45) is 1.22. The monoisotopic (exact) mass is 555 g/mol. The number of fused-ring (bicyclic) bond motifs is 1. The molecule has 1 aromatic heterocycles. The predicted molar refractivity (Wildman–Crippen MR) is 148 cm³/mol. The summed E-state index contributed by atoms with van der Waals surface area (Å²) in [7, 11) is 0. The first kappa shape index (κ1) is 27.1. The molecule has 0 aliphatic heterocycles. The van der Waals surface area contributed by atoms with Gasteiger partial charge in [-0.3, -0.25) is 40.7 Å². The highest BCUT2D eigenvalue weighted by molar-refractivity contribution is 7.80. The first-order chi connectivity index (χ1) is 19.2. The number of para-hydroxylation sites is 1. The third-order valence-corrected chi connectivity index (χ3v) is 5.69. The minimum Gasteiger partial charge on any atom is -0.306 e. The highest BCUT2D eigenvalue weighted by Gasteiger charge is 2.14. The fourth-order valence-corrected chi connectivity index (χ4v) is 3.70. The predicted octanol–water partition coefficient (Wildman–Crippen LogP) is 1.83. The summed E-state index contributed by atoms with van der Waals surface area (Å²) >= 11 is 5.01. The highest BCUT2D eigenvalue weighted by Crippen LogP contribution is 2.14. The molecule has 0 radical (unpaired) electrons. The molecule has 4 aromatic rings. The molecule has 13 nitrogen and oxygen atoms in total. The number of nitrogens with zero attached hydrogens (tertiary/aromatic N) is 3. The lowest BCUT2D eigenvalue weighted by molar-refractivity contribution is -0.384. The van der Waals surface area contributed by atoms with Gasteiger partial charge in [0, 0.05) is 17.7 Å². The van der Waals surface area contributed by atoms with E-state index >= 15 is 0 Å². The number of aromatic nitrogens is 2. The van der Waals surface area contributed by atoms with Gasteiger partial charge in [-0.15, -0.1) is 0 Å². The molecule has 4 rings (SSSR count). The molecule has 14 heteroatoms. The van der Waals surface area contributed by atoms with Crippen LogP contribution in [0.5, 0.6) is 0 Å². The fraction of sp³-hybridized carbons (Fsp3) is 0. The van der Waals surface area contributed by atoms with Crippen LogP contribution in [0.15, 0.2) is 88.0 Å². The van der Waals surface area contributed by atoms with Gasteiger partial charge in [-0.25, -0.2) is 9.36 Å². The van der Waals surface area contributed by atoms with Gasteiger partial charge in [-0.2, -0.15) is 5.26 Å². The summed E-state index contributed by atoms with van der Waals surface area (Å²) < 4.78 is 0.947. The van der Waals surface area contributed by atoms with Crippen molar-refractivity contribution in [3.63, 3.8) is 0 Å². The first-order valence-corrected chi connectivity index (χ1v) is 11.7. The second kappa shape index (κ2) is 11.6. The van der Waals surface area contributed by atoms with Crippen molar-refractivity contribution in [2.24, 2.45) is 0 Å². The summed E-state index contributed by atoms with van der Waals surface area (Å²) in [5.41, 5.74) is 4.02. The van der Waals surface area contributed by atoms with E-state index in [0.717, 1.165) is 4.57 Å². The molecular formula is C26H17N7O6S. The number of amides is 2. The largest absolute Gasteiger partial charge is 0.333 e. The topological polar surface area (TPSA) is 192 Å². The van der Waals surface area contributed by atoms with E-state index in [1.54, 1.807) is 30.3 Å². The molecule has 0 saturated heterocycles. The molecule has 40 heavy (non-hydrogen) atoms. The molecule has 0 aliphatic rings. The van der Waals surface area contributed by atoms with Gasteiger partial charge in [-0.05, 0) is 72.4 Å². The zero-order valence-corrected chi connectivity index (χ0v) is 21.0. The van der Waals surface area contributed by atoms with E-state index in [-0.39, 0.29) is 27.6 Å². The highest BCUT2D eigenvalue weighted by atomic mass is 32.1. The van der Waals surface area contributed by atoms with E-state index < -0.39 is 28.0 Å². The number of nitrogens with one attached hydrogen (secondary N) is 4. The van der Waals surface area contributed by atoms with E-state index in [4.69, 9.17) is 12.2 Å². The van der Waals surface area contributed by atoms with Crippen LogP contribution < -0.4 is 27.4 Å². The van der Waals surface area contributed by atoms with Gasteiger partial charge >= 0.3 is 5.69 Å². The number of hydrogen-bond acceptors (Lipinski definition) is 8. The Morgan fingerprint density at radius 2 is 1.68 bits per heavy atom. The molecule has 0 aliphatic carbocycles. The summed E-state index contributed by atoms with van der Waals surface area (Å²) in [6, 6.07) is 19.1. The third kappa shape index (κ3) is 5.96. The second-order valence-corrected chi connectivity index (χ2v) is 8.45. The number of benzene rings is 3. The van der Waals surface area contributed by atoms with E-state index in [1.807, 2.05) is 0 Å². The molecule has 2 amide bonds. The summed E-state index contributed by atoms with van der Waals surface area (Å²) in [4.78, 5) is 63.0. The number of nitriles is 1. The van der Waals surface area contributed by atoms with Crippen LogP contribution in [0, 0.1) is 21.4 Å². The van der Waals surface area contributed by atoms with Crippen molar-refractivity contribution in [1.29, 1.82) is 5.26 Å². The number of hydrogen-bond donors (Lipinski definition) is 4. The maximum absolute atomic E-state index is 12.8. The van der Waals surface area contributed by atoms with Crippen molar-refractivity contribution in [1.82, 2.24) is 25.7 Å². The van der Waals surface area contributed by atoms with Crippen molar-refractivity contribution in [3.8, 4) is 11.8 Å². The summed E-state index contributed by atoms with van der Waals surface area (Å²) in [5.74, 6) is -1.52. The number of thiocarbonyl (C=S) groups is 1. The Kier molecular flexibility index (Phi) is 7.88. The Hall–Kier alpha value is -5.94. The average Bonchev–Trinajstić information content (AvgIpc) is 2.95. The molecule has 0 fully saturated rings. The van der Waals surface area contributed by atoms with Crippen LogP contribution in [-0.2, 0) is 4.79 Å². The molecule has 1 heterocycles. The van der Waals surface area contributed by atoms with E-state index in [0.29, 0.717) is 16.5 Å². The van der Waals surface area contributed by atoms with E-state index in [2.05, 4.69) is 21.2 Å². The number of hydrazine groups is 1. The van der Waals surface area contributed by atoms with Gasteiger partial charge in [0.2, 0.25) is 0 Å². The fourth-order valence-electron chi connectivity index (χ4n) is 3.55. The lowest BCUT2D eigenvalue weighted by atomic mass is 10.1. The molecule has 0 atom stereocenters. The minimum absolute atomic E-state index is 0.139. The number of rotatable bonds is 5. The number of non-ortho nitro benzene ring substituents is 1. The Morgan fingerprint density at radius 3 is 2.33 bits per heavy atom. The van der Waals surface area contributed by atoms with Crippen molar-refractivity contribution < 1.29 is 14.5 Å². The number of H-pyrrole nitrogens is 1. The molecule has 0 bridgehead atoms. The molecule has 3 aromatic carbocycles. The van der Waals surface area contributed by atoms with Crippen LogP contribution in [0.25, 0.3) is 22.7 Å². The van der Waals surface area contributed by atoms with Gasteiger partial charge in [0.15, 0.2) is 5.11 Å². The standard InChI is InChI=1S/C26H17N7O6S/c27-14-17(13-15-5-9-19(10-6-15)33(38)39)23(35)30-31-25(40)29-22(34)16-7-11-18(12-8-16)32-24(36)20-3-1-2-4-21(20)28-26(32)37/h1-13H,(H,28,37)(H,30,35)(H2,29,31,34,40). The van der Waals surface area contributed by atoms with Crippen molar-refractivity contribution in [2.75, 3.05) is 0 Å². The second-order valence-electron chi connectivity index (χ2n) is 8.04. The van der Waals surface area contributed by atoms with Crippen molar-refractivity contribution >= 4 is 51.8 Å². The van der Waals surface area contributed by atoms with Gasteiger partial charge in [0.1, 0.15) is 11.6 Å². The molecule has 0 spiro atoms. The number of nitro groups is 1. The number of carbonyl (C=O) groups is 2. The molecular weight excluding hydrogens is 538 g/mol. The van der Waals surface area contributed by atoms with E-state index in [1.165, 1.54) is 54.6 Å². The van der Waals surface area contributed by atoms with Crippen LogP contribution in [0.4, 0.5) is 5.69 Å². The maximum atomic E-state index is 12.8. The molecule has 4 N–H and O–H groups in total.